The maximum absolute atomic E-state index is 13.6. The zero-order chi connectivity index (χ0) is 14.5. The van der Waals surface area contributed by atoms with Crippen LogP contribution in [0.4, 0.5) is 4.39 Å². The number of hydrogen-bond donors (Lipinski definition) is 1. The molecule has 1 aromatic rings. The van der Waals surface area contributed by atoms with Gasteiger partial charge in [0.2, 0.25) is 0 Å². The molecule has 2 unspecified atom stereocenters. The Kier molecular flexibility index (Phi) is 6.03. The van der Waals surface area contributed by atoms with Crippen LogP contribution in [0.15, 0.2) is 22.7 Å². The van der Waals surface area contributed by atoms with Crippen LogP contribution < -0.4 is 5.32 Å². The van der Waals surface area contributed by atoms with E-state index >= 15 is 0 Å². The van der Waals surface area contributed by atoms with Crippen molar-refractivity contribution in [2.45, 2.75) is 39.5 Å². The molecule has 1 saturated carbocycles. The number of hydrogen-bond acceptors (Lipinski definition) is 1. The fourth-order valence-corrected chi connectivity index (χ4v) is 3.62. The molecule has 1 aromatic carbocycles. The van der Waals surface area contributed by atoms with Crippen LogP contribution in [0.3, 0.4) is 0 Å². The predicted molar refractivity (Wildman–Crippen MR) is 86.3 cm³/mol. The van der Waals surface area contributed by atoms with E-state index in [1.165, 1.54) is 25.3 Å². The van der Waals surface area contributed by atoms with E-state index in [9.17, 15) is 4.39 Å². The van der Waals surface area contributed by atoms with Gasteiger partial charge in [0.25, 0.3) is 0 Å². The van der Waals surface area contributed by atoms with E-state index in [1.54, 1.807) is 0 Å². The lowest BCUT2D eigenvalue weighted by Crippen LogP contribution is -2.29. The molecular formula is C17H25BrFN. The fraction of sp³-hybridized carbons (Fsp3) is 0.647. The Morgan fingerprint density at radius 3 is 2.80 bits per heavy atom. The Morgan fingerprint density at radius 2 is 2.05 bits per heavy atom. The van der Waals surface area contributed by atoms with Crippen LogP contribution in [-0.4, -0.2) is 13.1 Å². The van der Waals surface area contributed by atoms with Crippen molar-refractivity contribution in [1.82, 2.24) is 5.32 Å². The number of nitrogens with one attached hydrogen (secondary N) is 1. The quantitative estimate of drug-likeness (QED) is 0.784. The minimum atomic E-state index is -0.144. The summed E-state index contributed by atoms with van der Waals surface area (Å²) in [7, 11) is 0. The molecule has 0 spiro atoms. The molecule has 3 heteroatoms. The Labute approximate surface area is 130 Å². The third-order valence-electron chi connectivity index (χ3n) is 4.29. The summed E-state index contributed by atoms with van der Waals surface area (Å²) >= 11 is 3.39. The Bertz CT molecular complexity index is 433. The number of halogens is 2. The van der Waals surface area contributed by atoms with E-state index in [4.69, 9.17) is 0 Å². The number of rotatable bonds is 6. The van der Waals surface area contributed by atoms with Crippen LogP contribution in [0.5, 0.6) is 0 Å². The van der Waals surface area contributed by atoms with Gasteiger partial charge < -0.3 is 5.32 Å². The molecule has 0 aliphatic heterocycles. The molecule has 2 rings (SSSR count). The first-order valence-corrected chi connectivity index (χ1v) is 8.50. The lowest BCUT2D eigenvalue weighted by molar-refractivity contribution is 0.356. The summed E-state index contributed by atoms with van der Waals surface area (Å²) in [6.45, 7) is 6.68. The van der Waals surface area contributed by atoms with E-state index in [0.29, 0.717) is 16.3 Å². The lowest BCUT2D eigenvalue weighted by Gasteiger charge is -2.21. The summed E-state index contributed by atoms with van der Waals surface area (Å²) in [4.78, 5) is 0. The van der Waals surface area contributed by atoms with Gasteiger partial charge in [0.15, 0.2) is 0 Å². The lowest BCUT2D eigenvalue weighted by atomic mass is 9.89. The molecule has 0 amide bonds. The molecule has 1 aliphatic carbocycles. The Morgan fingerprint density at radius 1 is 1.30 bits per heavy atom. The maximum Gasteiger partial charge on any atom is 0.137 e. The molecule has 0 saturated heterocycles. The third-order valence-corrected chi connectivity index (χ3v) is 5.18. The molecule has 2 atom stereocenters. The highest BCUT2D eigenvalue weighted by molar-refractivity contribution is 9.10. The summed E-state index contributed by atoms with van der Waals surface area (Å²) in [5, 5.41) is 3.58. The number of benzene rings is 1. The molecule has 1 N–H and O–H groups in total. The first-order valence-electron chi connectivity index (χ1n) is 7.71. The van der Waals surface area contributed by atoms with Crippen molar-refractivity contribution in [2.75, 3.05) is 13.1 Å². The zero-order valence-corrected chi connectivity index (χ0v) is 14.0. The van der Waals surface area contributed by atoms with Crippen molar-refractivity contribution in [3.8, 4) is 0 Å². The minimum Gasteiger partial charge on any atom is -0.316 e. The second kappa shape index (κ2) is 7.56. The largest absolute Gasteiger partial charge is 0.316 e. The van der Waals surface area contributed by atoms with Crippen molar-refractivity contribution < 1.29 is 4.39 Å². The van der Waals surface area contributed by atoms with Crippen LogP contribution in [0.1, 0.15) is 38.7 Å². The van der Waals surface area contributed by atoms with Crippen molar-refractivity contribution in [3.05, 3.63) is 34.1 Å². The standard InChI is InChI=1S/C17H25BrFN/c1-12(2)10-20-11-15-7-3-5-13(15)9-14-6-4-8-16(19)17(14)18/h4,6,8,12-13,15,20H,3,5,7,9-11H2,1-2H3. The highest BCUT2D eigenvalue weighted by atomic mass is 79.9. The van der Waals surface area contributed by atoms with Crippen molar-refractivity contribution in [3.63, 3.8) is 0 Å². The molecule has 0 radical (unpaired) electrons. The SMILES string of the molecule is CC(C)CNCC1CCCC1Cc1cccc(F)c1Br. The molecule has 1 fully saturated rings. The summed E-state index contributed by atoms with van der Waals surface area (Å²) < 4.78 is 14.2. The van der Waals surface area contributed by atoms with E-state index in [-0.39, 0.29) is 5.82 Å². The van der Waals surface area contributed by atoms with Gasteiger partial charge in [-0.05, 0) is 77.7 Å². The Hall–Kier alpha value is -0.410. The van der Waals surface area contributed by atoms with Gasteiger partial charge in [-0.25, -0.2) is 4.39 Å². The van der Waals surface area contributed by atoms with Gasteiger partial charge in [-0.3, -0.25) is 0 Å². The van der Waals surface area contributed by atoms with Gasteiger partial charge in [0.05, 0.1) is 4.47 Å². The molecule has 0 heterocycles. The van der Waals surface area contributed by atoms with Crippen LogP contribution >= 0.6 is 15.9 Å². The first-order chi connectivity index (χ1) is 9.58. The normalized spacial score (nSPS) is 22.6. The fourth-order valence-electron chi connectivity index (χ4n) is 3.20. The van der Waals surface area contributed by atoms with Gasteiger partial charge in [-0.15, -0.1) is 0 Å². The van der Waals surface area contributed by atoms with Crippen LogP contribution in [0.25, 0.3) is 0 Å². The van der Waals surface area contributed by atoms with Gasteiger partial charge >= 0.3 is 0 Å². The van der Waals surface area contributed by atoms with Crippen molar-refractivity contribution in [1.29, 1.82) is 0 Å². The second-order valence-electron chi connectivity index (χ2n) is 6.42. The first kappa shape index (κ1) is 16.0. The molecule has 1 aliphatic rings. The van der Waals surface area contributed by atoms with Crippen LogP contribution in [0.2, 0.25) is 0 Å². The van der Waals surface area contributed by atoms with Crippen molar-refractivity contribution in [2.24, 2.45) is 17.8 Å². The highest BCUT2D eigenvalue weighted by Gasteiger charge is 2.27. The van der Waals surface area contributed by atoms with E-state index in [0.717, 1.165) is 31.0 Å². The summed E-state index contributed by atoms with van der Waals surface area (Å²) in [5.41, 5.74) is 1.12. The smallest absolute Gasteiger partial charge is 0.137 e. The zero-order valence-electron chi connectivity index (χ0n) is 12.5. The van der Waals surface area contributed by atoms with Gasteiger partial charge in [0.1, 0.15) is 5.82 Å². The topological polar surface area (TPSA) is 12.0 Å². The van der Waals surface area contributed by atoms with E-state index < -0.39 is 0 Å². The second-order valence-corrected chi connectivity index (χ2v) is 7.21. The van der Waals surface area contributed by atoms with E-state index in [2.05, 4.69) is 35.1 Å². The Balaban J connectivity index is 1.92. The average molecular weight is 342 g/mol. The maximum atomic E-state index is 13.6. The third kappa shape index (κ3) is 4.29. The van der Waals surface area contributed by atoms with E-state index in [1.807, 2.05) is 12.1 Å². The van der Waals surface area contributed by atoms with Crippen LogP contribution in [-0.2, 0) is 6.42 Å². The molecule has 1 nitrogen and oxygen atoms in total. The summed E-state index contributed by atoms with van der Waals surface area (Å²) in [6, 6.07) is 5.38. The molecule has 0 bridgehead atoms. The molecular weight excluding hydrogens is 317 g/mol. The van der Waals surface area contributed by atoms with Gasteiger partial charge in [0, 0.05) is 0 Å². The van der Waals surface area contributed by atoms with Crippen molar-refractivity contribution >= 4 is 15.9 Å². The monoisotopic (exact) mass is 341 g/mol. The van der Waals surface area contributed by atoms with Crippen LogP contribution in [0, 0.1) is 23.6 Å². The average Bonchev–Trinajstić information content (AvgIpc) is 2.82. The van der Waals surface area contributed by atoms with Gasteiger partial charge in [-0.2, -0.15) is 0 Å². The minimum absolute atomic E-state index is 0.144. The molecule has 0 aromatic heterocycles. The molecule has 112 valence electrons. The molecule has 20 heavy (non-hydrogen) atoms. The summed E-state index contributed by atoms with van der Waals surface area (Å²) in [6.07, 6.45) is 4.89. The van der Waals surface area contributed by atoms with Gasteiger partial charge in [-0.1, -0.05) is 32.4 Å². The highest BCUT2D eigenvalue weighted by Crippen LogP contribution is 2.35. The predicted octanol–water partition coefficient (Wildman–Crippen LogP) is 4.79. The summed E-state index contributed by atoms with van der Waals surface area (Å²) in [5.74, 6) is 1.99.